The summed E-state index contributed by atoms with van der Waals surface area (Å²) in [7, 11) is 0. The summed E-state index contributed by atoms with van der Waals surface area (Å²) in [6, 6.07) is 0. The number of nitrogens with zero attached hydrogens (tertiary/aromatic N) is 3. The fraction of sp³-hybridized carbons (Fsp3) is 0.636. The predicted octanol–water partition coefficient (Wildman–Crippen LogP) is -0.0900. The first-order chi connectivity index (χ1) is 8.25. The van der Waals surface area contributed by atoms with E-state index in [4.69, 9.17) is 15.9 Å². The highest BCUT2D eigenvalue weighted by molar-refractivity contribution is 5.82. The SMILES string of the molecule is N=C(N)C1CN(CCCn2ccnc2)CCO1. The minimum Gasteiger partial charge on any atom is -0.385 e. The van der Waals surface area contributed by atoms with E-state index in [2.05, 4.69) is 14.5 Å². The Bertz CT molecular complexity index is 351. The van der Waals surface area contributed by atoms with Crippen LogP contribution in [0.1, 0.15) is 6.42 Å². The van der Waals surface area contributed by atoms with E-state index in [-0.39, 0.29) is 11.9 Å². The summed E-state index contributed by atoms with van der Waals surface area (Å²) < 4.78 is 7.49. The lowest BCUT2D eigenvalue weighted by Crippen LogP contribution is -2.48. The molecule has 2 rings (SSSR count). The molecule has 0 radical (unpaired) electrons. The Hall–Kier alpha value is -1.40. The van der Waals surface area contributed by atoms with Crippen LogP contribution in [0.3, 0.4) is 0 Å². The van der Waals surface area contributed by atoms with E-state index in [0.717, 1.165) is 32.6 Å². The minimum absolute atomic E-state index is 0.129. The second kappa shape index (κ2) is 5.79. The van der Waals surface area contributed by atoms with Crippen molar-refractivity contribution in [1.82, 2.24) is 14.5 Å². The average molecular weight is 237 g/mol. The van der Waals surface area contributed by atoms with E-state index >= 15 is 0 Å². The number of nitrogens with two attached hydrogens (primary N) is 1. The fourth-order valence-corrected chi connectivity index (χ4v) is 1.99. The first-order valence-corrected chi connectivity index (χ1v) is 5.89. The van der Waals surface area contributed by atoms with E-state index in [1.807, 2.05) is 12.5 Å². The number of hydrogen-bond acceptors (Lipinski definition) is 4. The van der Waals surface area contributed by atoms with Gasteiger partial charge in [0.05, 0.1) is 12.9 Å². The molecule has 0 bridgehead atoms. The Kier molecular flexibility index (Phi) is 4.11. The number of morpholine rings is 1. The molecule has 3 N–H and O–H groups in total. The van der Waals surface area contributed by atoms with Crippen molar-refractivity contribution in [2.24, 2.45) is 5.73 Å². The number of amidine groups is 1. The van der Waals surface area contributed by atoms with Crippen molar-refractivity contribution in [3.05, 3.63) is 18.7 Å². The molecule has 6 nitrogen and oxygen atoms in total. The normalized spacial score (nSPS) is 21.5. The lowest BCUT2D eigenvalue weighted by molar-refractivity contribution is 0.00496. The quantitative estimate of drug-likeness (QED) is 0.554. The van der Waals surface area contributed by atoms with Gasteiger partial charge in [0.2, 0.25) is 0 Å². The standard InChI is InChI=1S/C11H19N5O/c12-11(13)10-8-15(6-7-17-10)3-1-4-16-5-2-14-9-16/h2,5,9-10H,1,3-4,6-8H2,(H3,12,13). The average Bonchev–Trinajstić information content (AvgIpc) is 2.82. The highest BCUT2D eigenvalue weighted by Gasteiger charge is 2.21. The Morgan fingerprint density at radius 2 is 2.41 bits per heavy atom. The van der Waals surface area contributed by atoms with Crippen LogP contribution in [0, 0.1) is 5.41 Å². The molecule has 1 aromatic heterocycles. The molecule has 6 heteroatoms. The van der Waals surface area contributed by atoms with Crippen LogP contribution >= 0.6 is 0 Å². The molecule has 0 aromatic carbocycles. The first-order valence-electron chi connectivity index (χ1n) is 5.89. The van der Waals surface area contributed by atoms with Gasteiger partial charge < -0.3 is 15.0 Å². The maximum atomic E-state index is 7.38. The Labute approximate surface area is 101 Å². The zero-order chi connectivity index (χ0) is 12.1. The van der Waals surface area contributed by atoms with Gasteiger partial charge in [-0.15, -0.1) is 0 Å². The van der Waals surface area contributed by atoms with Crippen molar-refractivity contribution < 1.29 is 4.74 Å². The van der Waals surface area contributed by atoms with Crippen LogP contribution in [0.5, 0.6) is 0 Å². The van der Waals surface area contributed by atoms with E-state index in [9.17, 15) is 0 Å². The molecule has 1 aromatic rings. The summed E-state index contributed by atoms with van der Waals surface area (Å²) in [5.41, 5.74) is 5.45. The summed E-state index contributed by atoms with van der Waals surface area (Å²) in [6.07, 6.45) is 6.44. The molecule has 0 spiro atoms. The van der Waals surface area contributed by atoms with Gasteiger partial charge in [-0.25, -0.2) is 4.98 Å². The number of imidazole rings is 1. The number of ether oxygens (including phenoxy) is 1. The monoisotopic (exact) mass is 237 g/mol. The van der Waals surface area contributed by atoms with Gasteiger partial charge in [0.25, 0.3) is 0 Å². The third kappa shape index (κ3) is 3.54. The lowest BCUT2D eigenvalue weighted by atomic mass is 10.2. The first kappa shape index (κ1) is 12.1. The Balaban J connectivity index is 1.70. The minimum atomic E-state index is -0.225. The second-order valence-electron chi connectivity index (χ2n) is 4.27. The molecule has 1 saturated heterocycles. The van der Waals surface area contributed by atoms with E-state index in [1.54, 1.807) is 6.20 Å². The van der Waals surface area contributed by atoms with Crippen molar-refractivity contribution in [2.45, 2.75) is 19.1 Å². The third-order valence-corrected chi connectivity index (χ3v) is 2.95. The van der Waals surface area contributed by atoms with Crippen LogP contribution in [-0.2, 0) is 11.3 Å². The van der Waals surface area contributed by atoms with Gasteiger partial charge in [-0.05, 0) is 6.42 Å². The highest BCUT2D eigenvalue weighted by Crippen LogP contribution is 2.06. The maximum absolute atomic E-state index is 7.38. The van der Waals surface area contributed by atoms with Crippen molar-refractivity contribution in [1.29, 1.82) is 5.41 Å². The smallest absolute Gasteiger partial charge is 0.127 e. The number of rotatable bonds is 5. The van der Waals surface area contributed by atoms with Gasteiger partial charge in [-0.2, -0.15) is 0 Å². The van der Waals surface area contributed by atoms with E-state index in [1.165, 1.54) is 0 Å². The fourth-order valence-electron chi connectivity index (χ4n) is 1.99. The van der Waals surface area contributed by atoms with Crippen LogP contribution in [0.4, 0.5) is 0 Å². The summed E-state index contributed by atoms with van der Waals surface area (Å²) in [6.45, 7) is 4.30. The maximum Gasteiger partial charge on any atom is 0.127 e. The summed E-state index contributed by atoms with van der Waals surface area (Å²) in [4.78, 5) is 6.31. The van der Waals surface area contributed by atoms with Gasteiger partial charge in [0.1, 0.15) is 11.9 Å². The third-order valence-electron chi connectivity index (χ3n) is 2.95. The number of hydrogen-bond donors (Lipinski definition) is 2. The predicted molar refractivity (Wildman–Crippen MR) is 64.9 cm³/mol. The van der Waals surface area contributed by atoms with Crippen molar-refractivity contribution >= 4 is 5.84 Å². The molecule has 1 fully saturated rings. The van der Waals surface area contributed by atoms with E-state index < -0.39 is 0 Å². The zero-order valence-electron chi connectivity index (χ0n) is 9.88. The van der Waals surface area contributed by atoms with Crippen molar-refractivity contribution in [3.63, 3.8) is 0 Å². The largest absolute Gasteiger partial charge is 0.385 e. The second-order valence-corrected chi connectivity index (χ2v) is 4.27. The van der Waals surface area contributed by atoms with Crippen LogP contribution in [0.15, 0.2) is 18.7 Å². The molecule has 94 valence electrons. The Morgan fingerprint density at radius 3 is 3.12 bits per heavy atom. The van der Waals surface area contributed by atoms with E-state index in [0.29, 0.717) is 6.61 Å². The van der Waals surface area contributed by atoms with Gasteiger partial charge in [0, 0.05) is 38.6 Å². The molecule has 17 heavy (non-hydrogen) atoms. The van der Waals surface area contributed by atoms with Crippen molar-refractivity contribution in [2.75, 3.05) is 26.2 Å². The molecule has 1 aliphatic heterocycles. The van der Waals surface area contributed by atoms with Crippen LogP contribution in [0.2, 0.25) is 0 Å². The zero-order valence-corrected chi connectivity index (χ0v) is 9.88. The number of aryl methyl sites for hydroxylation is 1. The molecular weight excluding hydrogens is 218 g/mol. The molecule has 1 atom stereocenters. The lowest BCUT2D eigenvalue weighted by Gasteiger charge is -2.32. The van der Waals surface area contributed by atoms with Crippen molar-refractivity contribution in [3.8, 4) is 0 Å². The Morgan fingerprint density at radius 1 is 1.53 bits per heavy atom. The van der Waals surface area contributed by atoms with Crippen LogP contribution in [-0.4, -0.2) is 52.6 Å². The van der Waals surface area contributed by atoms with Crippen LogP contribution in [0.25, 0.3) is 0 Å². The van der Waals surface area contributed by atoms with Gasteiger partial charge in [-0.3, -0.25) is 10.3 Å². The molecule has 1 aliphatic rings. The number of aromatic nitrogens is 2. The summed E-state index contributed by atoms with van der Waals surface area (Å²) >= 11 is 0. The molecule has 2 heterocycles. The molecular formula is C11H19N5O. The topological polar surface area (TPSA) is 80.2 Å². The molecule has 1 unspecified atom stereocenters. The molecule has 0 amide bonds. The van der Waals surface area contributed by atoms with Gasteiger partial charge in [0.15, 0.2) is 0 Å². The molecule has 0 saturated carbocycles. The summed E-state index contributed by atoms with van der Waals surface area (Å²) in [5, 5.41) is 7.38. The van der Waals surface area contributed by atoms with Gasteiger partial charge in [-0.1, -0.05) is 0 Å². The number of nitrogens with one attached hydrogen (secondary N) is 1. The summed E-state index contributed by atoms with van der Waals surface area (Å²) in [5.74, 6) is 0.129. The van der Waals surface area contributed by atoms with Gasteiger partial charge >= 0.3 is 0 Å². The molecule has 0 aliphatic carbocycles. The van der Waals surface area contributed by atoms with Crippen LogP contribution < -0.4 is 5.73 Å². The highest BCUT2D eigenvalue weighted by atomic mass is 16.5.